The van der Waals surface area contributed by atoms with Crippen molar-refractivity contribution >= 4 is 43.5 Å². The Balaban J connectivity index is 0.000000195. The summed E-state index contributed by atoms with van der Waals surface area (Å²) in [4.78, 5) is 9.86. The van der Waals surface area contributed by atoms with Crippen molar-refractivity contribution in [1.29, 1.82) is 0 Å². The molecule has 4 aromatic rings. The number of sulfonamides is 1. The van der Waals surface area contributed by atoms with Gasteiger partial charge in [0.05, 0.1) is 33.5 Å². The number of imidazole rings is 2. The molecule has 270 valence electrons. The Hall–Kier alpha value is -3.15. The molecule has 2 aliphatic heterocycles. The average Bonchev–Trinajstić information content (AvgIpc) is 3.63. The predicted octanol–water partition coefficient (Wildman–Crippen LogP) is 7.35. The van der Waals surface area contributed by atoms with Gasteiger partial charge < -0.3 is 23.9 Å². The Bertz CT molecular complexity index is 1820. The molecule has 0 radical (unpaired) electrons. The third-order valence-corrected chi connectivity index (χ3v) is 11.6. The fourth-order valence-electron chi connectivity index (χ4n) is 6.84. The van der Waals surface area contributed by atoms with Gasteiger partial charge in [-0.25, -0.2) is 18.4 Å². The van der Waals surface area contributed by atoms with Gasteiger partial charge in [0.1, 0.15) is 11.6 Å². The maximum Gasteiger partial charge on any atom is 0.234 e. The van der Waals surface area contributed by atoms with Crippen LogP contribution in [0.4, 0.5) is 11.4 Å². The van der Waals surface area contributed by atoms with E-state index in [1.54, 1.807) is 14.0 Å². The highest BCUT2D eigenvalue weighted by Gasteiger charge is 2.27. The first-order valence-electron chi connectivity index (χ1n) is 17.9. The van der Waals surface area contributed by atoms with Crippen LogP contribution in [0, 0.1) is 11.8 Å². The van der Waals surface area contributed by atoms with Crippen molar-refractivity contribution in [2.45, 2.75) is 98.1 Å². The minimum absolute atomic E-state index is 0.0456. The number of rotatable bonds is 8. The van der Waals surface area contributed by atoms with Gasteiger partial charge in [-0.15, -0.1) is 0 Å². The van der Waals surface area contributed by atoms with Crippen LogP contribution in [0.3, 0.4) is 0 Å². The number of nitrogens with zero attached hydrogens (tertiary/aromatic N) is 5. The third-order valence-electron chi connectivity index (χ3n) is 9.82. The van der Waals surface area contributed by atoms with E-state index in [4.69, 9.17) is 19.4 Å². The van der Waals surface area contributed by atoms with Crippen LogP contribution in [-0.4, -0.2) is 73.8 Å². The summed E-state index contributed by atoms with van der Waals surface area (Å²) in [5.41, 5.74) is 5.97. The first-order valence-corrected chi connectivity index (χ1v) is 19.5. The zero-order valence-corrected chi connectivity index (χ0v) is 32.0. The smallest absolute Gasteiger partial charge is 0.234 e. The van der Waals surface area contributed by atoms with Crippen LogP contribution in [-0.2, 0) is 43.4 Å². The van der Waals surface area contributed by atoms with Gasteiger partial charge in [-0.3, -0.25) is 4.31 Å². The van der Waals surface area contributed by atoms with Crippen molar-refractivity contribution in [2.75, 3.05) is 55.9 Å². The van der Waals surface area contributed by atoms with Crippen molar-refractivity contribution < 1.29 is 17.9 Å². The average molecular weight is 695 g/mol. The van der Waals surface area contributed by atoms with Crippen molar-refractivity contribution in [2.24, 2.45) is 11.8 Å². The SMILES string of the molecule is CCS(=O)(=O)N(C)c1ccc2c(c1)nc(C(C)(C)C)n2CC1CCOCC1.CNc1ccc2c(c1)nc(C(C)(C)C)n2CC1CCOCC1. The molecule has 4 heterocycles. The fourth-order valence-corrected chi connectivity index (χ4v) is 7.66. The first-order chi connectivity index (χ1) is 23.1. The Kier molecular flexibility index (Phi) is 11.4. The summed E-state index contributed by atoms with van der Waals surface area (Å²) in [5.74, 6) is 3.58. The molecule has 6 rings (SSSR count). The molecule has 1 N–H and O–H groups in total. The van der Waals surface area contributed by atoms with Gasteiger partial charge in [0.2, 0.25) is 10.0 Å². The van der Waals surface area contributed by atoms with Crippen LogP contribution >= 0.6 is 0 Å². The van der Waals surface area contributed by atoms with E-state index in [1.165, 1.54) is 15.6 Å². The maximum absolute atomic E-state index is 12.2. The molecular weight excluding hydrogens is 637 g/mol. The van der Waals surface area contributed by atoms with Gasteiger partial charge in [0.25, 0.3) is 0 Å². The Morgan fingerprint density at radius 1 is 0.776 bits per heavy atom. The number of aromatic nitrogens is 4. The highest BCUT2D eigenvalue weighted by molar-refractivity contribution is 7.92. The highest BCUT2D eigenvalue weighted by Crippen LogP contribution is 2.32. The van der Waals surface area contributed by atoms with Crippen LogP contribution in [0.15, 0.2) is 36.4 Å². The molecule has 0 aliphatic carbocycles. The van der Waals surface area contributed by atoms with Crippen LogP contribution in [0.25, 0.3) is 22.1 Å². The normalized spacial score (nSPS) is 16.9. The second-order valence-electron chi connectivity index (χ2n) is 15.7. The molecule has 2 aromatic carbocycles. The Morgan fingerprint density at radius 2 is 1.22 bits per heavy atom. The number of benzene rings is 2. The van der Waals surface area contributed by atoms with Crippen LogP contribution in [0.2, 0.25) is 0 Å². The number of hydrogen-bond donors (Lipinski definition) is 1. The second kappa shape index (κ2) is 15.0. The lowest BCUT2D eigenvalue weighted by Crippen LogP contribution is -2.27. The molecule has 0 bridgehead atoms. The largest absolute Gasteiger partial charge is 0.388 e. The van der Waals surface area contributed by atoms with Gasteiger partial charge in [-0.05, 0) is 80.8 Å². The summed E-state index contributed by atoms with van der Waals surface area (Å²) in [6.45, 7) is 20.3. The summed E-state index contributed by atoms with van der Waals surface area (Å²) in [7, 11) is 0.261. The molecule has 2 fully saturated rings. The summed E-state index contributed by atoms with van der Waals surface area (Å²) in [6, 6.07) is 12.3. The molecule has 49 heavy (non-hydrogen) atoms. The molecule has 2 saturated heterocycles. The molecule has 0 unspecified atom stereocenters. The predicted molar refractivity (Wildman–Crippen MR) is 201 cm³/mol. The lowest BCUT2D eigenvalue weighted by atomic mass is 9.94. The molecule has 2 aliphatic rings. The molecule has 0 spiro atoms. The lowest BCUT2D eigenvalue weighted by Gasteiger charge is -2.26. The lowest BCUT2D eigenvalue weighted by molar-refractivity contribution is 0.0610. The van der Waals surface area contributed by atoms with Crippen molar-refractivity contribution in [1.82, 2.24) is 19.1 Å². The van der Waals surface area contributed by atoms with Crippen LogP contribution in [0.1, 0.15) is 85.8 Å². The van der Waals surface area contributed by atoms with Gasteiger partial charge >= 0.3 is 0 Å². The van der Waals surface area contributed by atoms with E-state index in [1.807, 2.05) is 25.2 Å². The number of nitrogens with one attached hydrogen (secondary N) is 1. The van der Waals surface area contributed by atoms with Gasteiger partial charge in [0.15, 0.2) is 0 Å². The Labute approximate surface area is 293 Å². The standard InChI is InChI=1S/C20H31N3O3S.C18H27N3O/c1-6-27(24,25)22(5)16-7-8-18-17(13-16)21-19(20(2,3)4)23(18)14-15-9-11-26-12-10-15;1-18(2,3)17-20-15-11-14(19-4)5-6-16(15)21(17)12-13-7-9-22-10-8-13/h7-8,13,15H,6,9-12,14H2,1-5H3;5-6,11,13,19H,7-10,12H2,1-4H3. The monoisotopic (exact) mass is 694 g/mol. The van der Waals surface area contributed by atoms with Crippen LogP contribution in [0.5, 0.6) is 0 Å². The number of anilines is 2. The second-order valence-corrected chi connectivity index (χ2v) is 18.0. The van der Waals surface area contributed by atoms with Crippen LogP contribution < -0.4 is 9.62 Å². The summed E-state index contributed by atoms with van der Waals surface area (Å²) in [6.07, 6.45) is 4.44. The van der Waals surface area contributed by atoms with E-state index in [9.17, 15) is 8.42 Å². The van der Waals surface area contributed by atoms with Gasteiger partial charge in [0, 0.05) is 70.1 Å². The Morgan fingerprint density at radius 3 is 1.65 bits per heavy atom. The quantitative estimate of drug-likeness (QED) is 0.206. The van der Waals surface area contributed by atoms with Crippen molar-refractivity contribution in [3.63, 3.8) is 0 Å². The fraction of sp³-hybridized carbons (Fsp3) is 0.632. The zero-order chi connectivity index (χ0) is 35.6. The highest BCUT2D eigenvalue weighted by atomic mass is 32.2. The number of ether oxygens (including phenoxy) is 2. The first kappa shape index (κ1) is 37.1. The zero-order valence-electron chi connectivity index (χ0n) is 31.2. The van der Waals surface area contributed by atoms with E-state index in [2.05, 4.69) is 74.2 Å². The molecular formula is C38H58N6O4S. The molecule has 0 atom stereocenters. The molecule has 10 nitrogen and oxygen atoms in total. The van der Waals surface area contributed by atoms with E-state index in [0.717, 1.165) is 93.3 Å². The summed E-state index contributed by atoms with van der Waals surface area (Å²) in [5, 5.41) is 3.20. The van der Waals surface area contributed by atoms with E-state index < -0.39 is 10.0 Å². The molecule has 2 aromatic heterocycles. The van der Waals surface area contributed by atoms with Crippen molar-refractivity contribution in [3.8, 4) is 0 Å². The van der Waals surface area contributed by atoms with E-state index in [-0.39, 0.29) is 16.6 Å². The van der Waals surface area contributed by atoms with Crippen molar-refractivity contribution in [3.05, 3.63) is 48.0 Å². The molecule has 0 saturated carbocycles. The van der Waals surface area contributed by atoms with E-state index in [0.29, 0.717) is 17.5 Å². The minimum atomic E-state index is -3.29. The minimum Gasteiger partial charge on any atom is -0.388 e. The maximum atomic E-state index is 12.2. The number of hydrogen-bond acceptors (Lipinski definition) is 7. The summed E-state index contributed by atoms with van der Waals surface area (Å²) >= 11 is 0. The molecule has 11 heteroatoms. The van der Waals surface area contributed by atoms with Gasteiger partial charge in [-0.2, -0.15) is 0 Å². The third kappa shape index (κ3) is 8.60. The molecule has 0 amide bonds. The number of fused-ring (bicyclic) bond motifs is 2. The van der Waals surface area contributed by atoms with Gasteiger partial charge in [-0.1, -0.05) is 41.5 Å². The van der Waals surface area contributed by atoms with E-state index >= 15 is 0 Å². The topological polar surface area (TPSA) is 104 Å². The summed E-state index contributed by atoms with van der Waals surface area (Å²) < 4.78 is 41.5.